The van der Waals surface area contributed by atoms with Crippen LogP contribution in [0.15, 0.2) is 76.5 Å². The van der Waals surface area contributed by atoms with Crippen molar-refractivity contribution in [1.29, 1.82) is 0 Å². The summed E-state index contributed by atoms with van der Waals surface area (Å²) in [5.74, 6) is 0. The molecule has 0 amide bonds. The minimum absolute atomic E-state index is 0.196. The van der Waals surface area contributed by atoms with Gasteiger partial charge in [0.15, 0.2) is 0 Å². The topological polar surface area (TPSA) is 46.2 Å². The standard InChI is InChI=1S/C28H37NO2S2/c1-3-4-5-6-7-8-9-14-27(22-29-33(30,31)28-19-15-23(2)16-20-28)32-26-18-17-24-12-10-11-13-25(24)21-26/h10-13,15-21,27,29H,3-9,14,22H2,1-2H3. The van der Waals surface area contributed by atoms with Gasteiger partial charge in [0, 0.05) is 16.7 Å². The van der Waals surface area contributed by atoms with Gasteiger partial charge >= 0.3 is 0 Å². The Hall–Kier alpha value is -1.82. The molecule has 0 spiro atoms. The molecule has 0 aliphatic rings. The fraction of sp³-hybridized carbons (Fsp3) is 0.429. The molecular formula is C28H37NO2S2. The van der Waals surface area contributed by atoms with Crippen molar-refractivity contribution in [3.05, 3.63) is 72.3 Å². The van der Waals surface area contributed by atoms with Crippen LogP contribution in [0.3, 0.4) is 0 Å². The molecule has 0 fully saturated rings. The summed E-state index contributed by atoms with van der Waals surface area (Å²) in [5, 5.41) is 2.64. The summed E-state index contributed by atoms with van der Waals surface area (Å²) in [6.45, 7) is 4.64. The van der Waals surface area contributed by atoms with E-state index in [9.17, 15) is 8.42 Å². The van der Waals surface area contributed by atoms with E-state index >= 15 is 0 Å². The number of nitrogens with one attached hydrogen (secondary N) is 1. The molecule has 178 valence electrons. The first-order valence-corrected chi connectivity index (χ1v) is 14.6. The maximum absolute atomic E-state index is 12.8. The lowest BCUT2D eigenvalue weighted by atomic mass is 10.1. The van der Waals surface area contributed by atoms with Crippen molar-refractivity contribution < 1.29 is 8.42 Å². The largest absolute Gasteiger partial charge is 0.240 e. The third-order valence-electron chi connectivity index (χ3n) is 5.99. The van der Waals surface area contributed by atoms with E-state index in [0.717, 1.165) is 18.4 Å². The van der Waals surface area contributed by atoms with Crippen LogP contribution in [0.2, 0.25) is 0 Å². The Labute approximate surface area is 204 Å². The number of sulfonamides is 1. The lowest BCUT2D eigenvalue weighted by molar-refractivity contribution is 0.558. The highest BCUT2D eigenvalue weighted by atomic mass is 32.2. The number of benzene rings is 3. The zero-order chi connectivity index (χ0) is 23.5. The Kier molecular flexibility index (Phi) is 10.3. The molecule has 5 heteroatoms. The summed E-state index contributed by atoms with van der Waals surface area (Å²) in [7, 11) is -3.51. The third kappa shape index (κ3) is 8.47. The third-order valence-corrected chi connectivity index (χ3v) is 8.69. The zero-order valence-corrected chi connectivity index (χ0v) is 21.6. The Morgan fingerprint density at radius 3 is 2.21 bits per heavy atom. The number of aryl methyl sites for hydroxylation is 1. The number of unbranched alkanes of at least 4 members (excludes halogenated alkanes) is 6. The molecule has 0 aromatic heterocycles. The van der Waals surface area contributed by atoms with Gasteiger partial charge in [0.25, 0.3) is 0 Å². The predicted octanol–water partition coefficient (Wildman–Crippen LogP) is 7.73. The Balaban J connectivity index is 1.62. The average molecular weight is 484 g/mol. The van der Waals surface area contributed by atoms with Crippen LogP contribution in [0.5, 0.6) is 0 Å². The minimum Gasteiger partial charge on any atom is -0.210 e. The van der Waals surface area contributed by atoms with Crippen molar-refractivity contribution in [2.75, 3.05) is 6.54 Å². The van der Waals surface area contributed by atoms with Crippen molar-refractivity contribution in [3.63, 3.8) is 0 Å². The van der Waals surface area contributed by atoms with Crippen LogP contribution in [0.4, 0.5) is 0 Å². The van der Waals surface area contributed by atoms with Gasteiger partial charge in [0.2, 0.25) is 10.0 Å². The SMILES string of the molecule is CCCCCCCCCC(CNS(=O)(=O)c1ccc(C)cc1)Sc1ccc2ccccc2c1. The van der Waals surface area contributed by atoms with Gasteiger partial charge in [-0.3, -0.25) is 0 Å². The molecule has 1 unspecified atom stereocenters. The molecule has 0 radical (unpaired) electrons. The van der Waals surface area contributed by atoms with Gasteiger partial charge < -0.3 is 0 Å². The molecule has 1 N–H and O–H groups in total. The molecular weight excluding hydrogens is 446 g/mol. The number of hydrogen-bond acceptors (Lipinski definition) is 3. The average Bonchev–Trinajstić information content (AvgIpc) is 2.82. The van der Waals surface area contributed by atoms with Gasteiger partial charge in [-0.2, -0.15) is 0 Å². The van der Waals surface area contributed by atoms with Gasteiger partial charge in [-0.05, 0) is 48.4 Å². The number of hydrogen-bond donors (Lipinski definition) is 1. The number of rotatable bonds is 14. The van der Waals surface area contributed by atoms with E-state index < -0.39 is 10.0 Å². The van der Waals surface area contributed by atoms with Crippen LogP contribution in [-0.4, -0.2) is 20.2 Å². The Bertz CT molecular complexity index is 1090. The highest BCUT2D eigenvalue weighted by molar-refractivity contribution is 8.00. The van der Waals surface area contributed by atoms with Crippen molar-refractivity contribution in [3.8, 4) is 0 Å². The fourth-order valence-electron chi connectivity index (χ4n) is 3.97. The van der Waals surface area contributed by atoms with E-state index in [1.807, 2.05) is 19.1 Å². The van der Waals surface area contributed by atoms with E-state index in [1.165, 1.54) is 54.2 Å². The summed E-state index contributed by atoms with van der Waals surface area (Å²) in [5.41, 5.74) is 1.05. The minimum atomic E-state index is -3.51. The molecule has 3 rings (SSSR count). The molecule has 3 nitrogen and oxygen atoms in total. The van der Waals surface area contributed by atoms with Crippen molar-refractivity contribution >= 4 is 32.6 Å². The van der Waals surface area contributed by atoms with Crippen molar-refractivity contribution in [2.45, 2.75) is 80.3 Å². The second kappa shape index (κ2) is 13.2. The second-order valence-corrected chi connectivity index (χ2v) is 12.0. The van der Waals surface area contributed by atoms with E-state index in [2.05, 4.69) is 54.1 Å². The summed E-state index contributed by atoms with van der Waals surface area (Å²) in [4.78, 5) is 1.52. The second-order valence-electron chi connectivity index (χ2n) is 8.82. The van der Waals surface area contributed by atoms with Crippen LogP contribution in [0.1, 0.15) is 63.9 Å². The lowest BCUT2D eigenvalue weighted by Crippen LogP contribution is -2.30. The molecule has 0 aliphatic carbocycles. The highest BCUT2D eigenvalue weighted by Crippen LogP contribution is 2.30. The molecule has 0 aliphatic heterocycles. The lowest BCUT2D eigenvalue weighted by Gasteiger charge is -2.18. The Morgan fingerprint density at radius 1 is 0.818 bits per heavy atom. The smallest absolute Gasteiger partial charge is 0.210 e. The molecule has 0 saturated heterocycles. The summed E-state index contributed by atoms with van der Waals surface area (Å²) >= 11 is 1.79. The maximum atomic E-state index is 12.8. The Morgan fingerprint density at radius 2 is 1.48 bits per heavy atom. The van der Waals surface area contributed by atoms with Gasteiger partial charge in [-0.15, -0.1) is 11.8 Å². The zero-order valence-electron chi connectivity index (χ0n) is 19.9. The molecule has 0 bridgehead atoms. The molecule has 1 atom stereocenters. The van der Waals surface area contributed by atoms with Crippen molar-refractivity contribution in [1.82, 2.24) is 4.72 Å². The first kappa shape index (κ1) is 25.8. The maximum Gasteiger partial charge on any atom is 0.240 e. The molecule has 0 saturated carbocycles. The van der Waals surface area contributed by atoms with Crippen LogP contribution in [0.25, 0.3) is 10.8 Å². The van der Waals surface area contributed by atoms with E-state index in [1.54, 1.807) is 23.9 Å². The first-order chi connectivity index (χ1) is 16.0. The molecule has 0 heterocycles. The van der Waals surface area contributed by atoms with Gasteiger partial charge in [-0.25, -0.2) is 13.1 Å². The van der Waals surface area contributed by atoms with E-state index in [4.69, 9.17) is 0 Å². The molecule has 3 aromatic rings. The monoisotopic (exact) mass is 483 g/mol. The van der Waals surface area contributed by atoms with Crippen LogP contribution < -0.4 is 4.72 Å². The van der Waals surface area contributed by atoms with Gasteiger partial charge in [0.1, 0.15) is 0 Å². The van der Waals surface area contributed by atoms with E-state index in [0.29, 0.717) is 11.4 Å². The highest BCUT2D eigenvalue weighted by Gasteiger charge is 2.18. The molecule has 33 heavy (non-hydrogen) atoms. The number of thioether (sulfide) groups is 1. The van der Waals surface area contributed by atoms with Crippen LogP contribution >= 0.6 is 11.8 Å². The van der Waals surface area contributed by atoms with E-state index in [-0.39, 0.29) is 5.25 Å². The first-order valence-electron chi connectivity index (χ1n) is 12.2. The number of fused-ring (bicyclic) bond motifs is 1. The van der Waals surface area contributed by atoms with Crippen LogP contribution in [-0.2, 0) is 10.0 Å². The normalized spacial score (nSPS) is 12.8. The quantitative estimate of drug-likeness (QED) is 0.188. The van der Waals surface area contributed by atoms with Crippen molar-refractivity contribution in [2.24, 2.45) is 0 Å². The van der Waals surface area contributed by atoms with Gasteiger partial charge in [0.05, 0.1) is 4.90 Å². The summed E-state index contributed by atoms with van der Waals surface area (Å²) in [6, 6.07) is 21.9. The van der Waals surface area contributed by atoms with Crippen LogP contribution in [0, 0.1) is 6.92 Å². The predicted molar refractivity (Wildman–Crippen MR) is 143 cm³/mol. The fourth-order valence-corrected chi connectivity index (χ4v) is 6.33. The molecule has 3 aromatic carbocycles. The summed E-state index contributed by atoms with van der Waals surface area (Å²) < 4.78 is 28.5. The van der Waals surface area contributed by atoms with Gasteiger partial charge in [-0.1, -0.05) is 99.9 Å². The summed E-state index contributed by atoms with van der Waals surface area (Å²) in [6.07, 6.45) is 9.82.